The van der Waals surface area contributed by atoms with Crippen molar-refractivity contribution < 1.29 is 4.74 Å². The lowest BCUT2D eigenvalue weighted by molar-refractivity contribution is 0.127. The molecule has 0 radical (unpaired) electrons. The van der Waals surface area contributed by atoms with Crippen LogP contribution in [0.4, 0.5) is 11.4 Å². The fourth-order valence-electron chi connectivity index (χ4n) is 7.40. The van der Waals surface area contributed by atoms with E-state index < -0.39 is 0 Å². The lowest BCUT2D eigenvalue weighted by atomic mass is 9.91. The first kappa shape index (κ1) is 32.8. The number of nitrogens with zero attached hydrogens (tertiary/aromatic N) is 2. The molecule has 3 N–H and O–H groups in total. The third kappa shape index (κ3) is 6.26. The van der Waals surface area contributed by atoms with Crippen molar-refractivity contribution in [3.63, 3.8) is 0 Å². The average Bonchev–Trinajstić information content (AvgIpc) is 3.51. The number of aromatic nitrogens is 1. The Kier molecular flexibility index (Phi) is 8.68. The Labute approximate surface area is 304 Å². The molecule has 5 nitrogen and oxygen atoms in total. The van der Waals surface area contributed by atoms with Crippen molar-refractivity contribution in [1.29, 1.82) is 5.26 Å². The van der Waals surface area contributed by atoms with Gasteiger partial charge in [0, 0.05) is 40.5 Å². The quantitative estimate of drug-likeness (QED) is 0.118. The number of nitrogens with two attached hydrogens (primary N) is 1. The fourth-order valence-corrected chi connectivity index (χ4v) is 7.40. The van der Waals surface area contributed by atoms with Crippen LogP contribution in [0, 0.1) is 18.3 Å². The summed E-state index contributed by atoms with van der Waals surface area (Å²) in [7, 11) is 1.71. The van der Waals surface area contributed by atoms with Crippen LogP contribution in [0.15, 0.2) is 146 Å². The van der Waals surface area contributed by atoms with Crippen LogP contribution in [-0.2, 0) is 11.2 Å². The Bertz CT molecular complexity index is 2610. The van der Waals surface area contributed by atoms with E-state index in [9.17, 15) is 5.26 Å². The molecule has 0 amide bonds. The molecule has 0 saturated heterocycles. The number of methoxy groups -OCH3 is 1. The lowest BCUT2D eigenvalue weighted by Crippen LogP contribution is -2.12. The average molecular weight is 677 g/mol. The second-order valence-corrected chi connectivity index (χ2v) is 13.8. The van der Waals surface area contributed by atoms with Crippen molar-refractivity contribution in [2.45, 2.75) is 32.4 Å². The zero-order valence-corrected chi connectivity index (χ0v) is 29.6. The van der Waals surface area contributed by atoms with Crippen LogP contribution in [0.3, 0.4) is 0 Å². The Hall–Kier alpha value is -6.35. The summed E-state index contributed by atoms with van der Waals surface area (Å²) < 4.78 is 8.35. The molecule has 0 aliphatic rings. The Morgan fingerprint density at radius 3 is 2.08 bits per heavy atom. The predicted octanol–water partition coefficient (Wildman–Crippen LogP) is 11.5. The summed E-state index contributed by atoms with van der Waals surface area (Å²) in [5, 5.41) is 17.6. The van der Waals surface area contributed by atoms with Crippen molar-refractivity contribution in [2.75, 3.05) is 18.2 Å². The molecule has 254 valence electrons. The van der Waals surface area contributed by atoms with Gasteiger partial charge in [-0.3, -0.25) is 0 Å². The molecule has 7 aromatic carbocycles. The van der Waals surface area contributed by atoms with Gasteiger partial charge < -0.3 is 20.4 Å². The number of hydrogen-bond acceptors (Lipinski definition) is 4. The lowest BCUT2D eigenvalue weighted by Gasteiger charge is -2.19. The summed E-state index contributed by atoms with van der Waals surface area (Å²) in [6, 6.07) is 53.5. The van der Waals surface area contributed by atoms with Gasteiger partial charge in [-0.2, -0.15) is 5.26 Å². The molecule has 0 bridgehead atoms. The molecule has 8 rings (SSSR count). The Balaban J connectivity index is 1.21. The number of ether oxygens (including phenoxy) is 1. The maximum atomic E-state index is 9.25. The van der Waals surface area contributed by atoms with Crippen LogP contribution in [0.5, 0.6) is 0 Å². The summed E-state index contributed by atoms with van der Waals surface area (Å²) in [6.45, 7) is 4.35. The molecule has 1 aromatic heterocycles. The summed E-state index contributed by atoms with van der Waals surface area (Å²) >= 11 is 0. The molecule has 2 atom stereocenters. The predicted molar refractivity (Wildman–Crippen MR) is 216 cm³/mol. The van der Waals surface area contributed by atoms with Crippen LogP contribution in [0.2, 0.25) is 0 Å². The van der Waals surface area contributed by atoms with Gasteiger partial charge in [-0.1, -0.05) is 79.7 Å². The standard InChI is InChI=1S/C47H40N4O/c1-30-8-11-38(44(49)24-30)25-31(2)35-16-22-45-42(27-35)43-28-39(47(52-3)50-40-18-9-32(29-48)10-19-40)17-23-46(43)51(45)41-20-14-34(15-21-41)37-13-12-33-6-4-5-7-36(33)26-37/h4-24,26-28,31,47,50H,25,49H2,1-3H3. The largest absolute Gasteiger partial charge is 0.398 e. The van der Waals surface area contributed by atoms with Gasteiger partial charge in [-0.05, 0) is 131 Å². The van der Waals surface area contributed by atoms with Gasteiger partial charge in [0.2, 0.25) is 0 Å². The highest BCUT2D eigenvalue weighted by Crippen LogP contribution is 2.37. The number of aryl methyl sites for hydroxylation is 1. The first-order valence-corrected chi connectivity index (χ1v) is 17.7. The number of rotatable bonds is 9. The van der Waals surface area contributed by atoms with Crippen LogP contribution in [0.1, 0.15) is 46.9 Å². The third-order valence-electron chi connectivity index (χ3n) is 10.3. The molecule has 5 heteroatoms. The number of nitrogen functional groups attached to an aromatic ring is 1. The van der Waals surface area contributed by atoms with E-state index in [4.69, 9.17) is 10.5 Å². The van der Waals surface area contributed by atoms with Gasteiger partial charge in [0.15, 0.2) is 6.23 Å². The van der Waals surface area contributed by atoms with Gasteiger partial charge in [-0.15, -0.1) is 0 Å². The van der Waals surface area contributed by atoms with E-state index in [1.165, 1.54) is 44.0 Å². The monoisotopic (exact) mass is 676 g/mol. The smallest absolute Gasteiger partial charge is 0.153 e. The number of hydrogen-bond donors (Lipinski definition) is 2. The van der Waals surface area contributed by atoms with Crippen molar-refractivity contribution in [3.8, 4) is 22.9 Å². The molecule has 0 aliphatic carbocycles. The van der Waals surface area contributed by atoms with Crippen LogP contribution in [0.25, 0.3) is 49.4 Å². The molecular formula is C47H40N4O. The van der Waals surface area contributed by atoms with Crippen LogP contribution >= 0.6 is 0 Å². The number of nitrogens with one attached hydrogen (secondary N) is 1. The summed E-state index contributed by atoms with van der Waals surface area (Å²) in [6.07, 6.45) is 0.474. The van der Waals surface area contributed by atoms with E-state index in [-0.39, 0.29) is 12.1 Å². The Morgan fingerprint density at radius 2 is 1.38 bits per heavy atom. The third-order valence-corrected chi connectivity index (χ3v) is 10.3. The second-order valence-electron chi connectivity index (χ2n) is 13.8. The first-order chi connectivity index (χ1) is 25.4. The van der Waals surface area contributed by atoms with Gasteiger partial charge in [0.05, 0.1) is 22.7 Å². The van der Waals surface area contributed by atoms with E-state index >= 15 is 0 Å². The minimum Gasteiger partial charge on any atom is -0.398 e. The first-order valence-electron chi connectivity index (χ1n) is 17.7. The molecule has 0 spiro atoms. The summed E-state index contributed by atoms with van der Waals surface area (Å²) in [5.41, 5.74) is 19.2. The number of benzene rings is 7. The molecular weight excluding hydrogens is 637 g/mol. The summed E-state index contributed by atoms with van der Waals surface area (Å²) in [4.78, 5) is 0. The number of fused-ring (bicyclic) bond motifs is 4. The van der Waals surface area contributed by atoms with Gasteiger partial charge >= 0.3 is 0 Å². The topological polar surface area (TPSA) is 76.0 Å². The van der Waals surface area contributed by atoms with E-state index in [0.29, 0.717) is 5.56 Å². The highest BCUT2D eigenvalue weighted by molar-refractivity contribution is 6.10. The number of nitriles is 1. The summed E-state index contributed by atoms with van der Waals surface area (Å²) in [5.74, 6) is 0.266. The highest BCUT2D eigenvalue weighted by atomic mass is 16.5. The van der Waals surface area contributed by atoms with E-state index in [2.05, 4.69) is 151 Å². The van der Waals surface area contributed by atoms with Gasteiger partial charge in [0.25, 0.3) is 0 Å². The molecule has 52 heavy (non-hydrogen) atoms. The normalized spacial score (nSPS) is 12.6. The maximum Gasteiger partial charge on any atom is 0.153 e. The SMILES string of the molecule is COC(Nc1ccc(C#N)cc1)c1ccc2c(c1)c1cc(C(C)Cc3ccc(C)cc3N)ccc1n2-c1ccc(-c2ccc3ccccc3c2)cc1. The molecule has 0 fully saturated rings. The molecule has 0 aliphatic heterocycles. The number of anilines is 2. The fraction of sp³-hybridized carbons (Fsp3) is 0.128. The highest BCUT2D eigenvalue weighted by Gasteiger charge is 2.19. The zero-order valence-electron chi connectivity index (χ0n) is 29.6. The molecule has 2 unspecified atom stereocenters. The van der Waals surface area contributed by atoms with Crippen molar-refractivity contribution in [3.05, 3.63) is 173 Å². The Morgan fingerprint density at radius 1 is 0.712 bits per heavy atom. The minimum atomic E-state index is -0.386. The molecule has 8 aromatic rings. The molecule has 1 heterocycles. The van der Waals surface area contributed by atoms with Crippen molar-refractivity contribution in [2.24, 2.45) is 0 Å². The van der Waals surface area contributed by atoms with Crippen molar-refractivity contribution in [1.82, 2.24) is 4.57 Å². The van der Waals surface area contributed by atoms with Crippen LogP contribution < -0.4 is 11.1 Å². The maximum absolute atomic E-state index is 9.25. The van der Waals surface area contributed by atoms with Crippen molar-refractivity contribution >= 4 is 44.0 Å². The van der Waals surface area contributed by atoms with Gasteiger partial charge in [0.1, 0.15) is 0 Å². The minimum absolute atomic E-state index is 0.266. The van der Waals surface area contributed by atoms with E-state index in [1.807, 2.05) is 24.3 Å². The molecule has 0 saturated carbocycles. The second kappa shape index (κ2) is 13.8. The van der Waals surface area contributed by atoms with E-state index in [1.54, 1.807) is 7.11 Å². The van der Waals surface area contributed by atoms with Gasteiger partial charge in [-0.25, -0.2) is 0 Å². The van der Waals surface area contributed by atoms with E-state index in [0.717, 1.165) is 45.5 Å². The van der Waals surface area contributed by atoms with Crippen LogP contribution in [-0.4, -0.2) is 11.7 Å². The zero-order chi connectivity index (χ0) is 35.8.